The lowest BCUT2D eigenvalue weighted by Gasteiger charge is -2.11. The topological polar surface area (TPSA) is 50.1 Å². The van der Waals surface area contributed by atoms with Gasteiger partial charge in [-0.05, 0) is 76.9 Å². The minimum Gasteiger partial charge on any atom is -0.426 e. The molecule has 0 aliphatic heterocycles. The number of halogens is 7. The Bertz CT molecular complexity index is 1890. The molecule has 5 aromatic carbocycles. The van der Waals surface area contributed by atoms with E-state index in [0.29, 0.717) is 17.7 Å². The molecule has 0 aliphatic rings. The van der Waals surface area contributed by atoms with Gasteiger partial charge in [-0.25, -0.2) is 30.7 Å². The quantitative estimate of drug-likeness (QED) is 0.113. The zero-order chi connectivity index (χ0) is 30.8. The van der Waals surface area contributed by atoms with Crippen LogP contribution in [0, 0.1) is 52.1 Å². The van der Waals surface area contributed by atoms with Crippen LogP contribution >= 0.6 is 0 Å². The fraction of sp³-hybridized carbons (Fsp3) is 0.0303. The van der Waals surface area contributed by atoms with Gasteiger partial charge in [-0.2, -0.15) is 5.26 Å². The predicted molar refractivity (Wildman–Crippen MR) is 143 cm³/mol. The van der Waals surface area contributed by atoms with E-state index in [-0.39, 0.29) is 28.0 Å². The van der Waals surface area contributed by atoms with Gasteiger partial charge < -0.3 is 4.74 Å². The Morgan fingerprint density at radius 2 is 1.16 bits per heavy atom. The summed E-state index contributed by atoms with van der Waals surface area (Å²) in [6, 6.07) is 16.4. The highest BCUT2D eigenvalue weighted by molar-refractivity contribution is 5.77. The van der Waals surface area contributed by atoms with Gasteiger partial charge in [0.2, 0.25) is 0 Å². The van der Waals surface area contributed by atoms with Gasteiger partial charge in [0, 0.05) is 17.2 Å². The Morgan fingerprint density at radius 1 is 0.605 bits per heavy atom. The van der Waals surface area contributed by atoms with Crippen molar-refractivity contribution in [1.29, 1.82) is 5.26 Å². The molecular formula is C33H16F7NO2. The summed E-state index contributed by atoms with van der Waals surface area (Å²) in [5.74, 6) is -8.14. The second-order valence-corrected chi connectivity index (χ2v) is 9.36. The molecular weight excluding hydrogens is 575 g/mol. The van der Waals surface area contributed by atoms with Crippen LogP contribution in [0.4, 0.5) is 30.7 Å². The number of nitrogens with zero attached hydrogens (tertiary/aromatic N) is 1. The van der Waals surface area contributed by atoms with E-state index in [9.17, 15) is 35.5 Å². The highest BCUT2D eigenvalue weighted by atomic mass is 19.2. The SMILES string of the molecule is N#Cc1c(F)cc(-c2c(F)cc(-c3ccc(CC(=O)Oc4ccc(-c5ccc(F)cc5)c(F)c4)cc3F)cc2F)cc1F. The third-order valence-electron chi connectivity index (χ3n) is 6.51. The Morgan fingerprint density at radius 3 is 1.74 bits per heavy atom. The molecule has 0 aliphatic carbocycles. The van der Waals surface area contributed by atoms with Gasteiger partial charge in [0.15, 0.2) is 0 Å². The number of carbonyl (C=O) groups excluding carboxylic acids is 1. The van der Waals surface area contributed by atoms with E-state index >= 15 is 0 Å². The van der Waals surface area contributed by atoms with Crippen molar-refractivity contribution in [3.8, 4) is 45.2 Å². The maximum absolute atomic E-state index is 15.0. The number of nitriles is 1. The fourth-order valence-electron chi connectivity index (χ4n) is 4.49. The van der Waals surface area contributed by atoms with E-state index in [1.807, 2.05) is 0 Å². The summed E-state index contributed by atoms with van der Waals surface area (Å²) in [5.41, 5.74) is -1.89. The standard InChI is InChI=1S/C33H16F7NO2/c34-21-4-2-18(3-5-21)23-8-6-22(15-29(23)38)43-32(42)10-17-1-7-24(26(35)9-17)19-11-30(39)33(31(40)12-19)20-13-27(36)25(16-41)28(37)14-20/h1-9,11-15H,10H2. The Hall–Kier alpha value is -5.43. The van der Waals surface area contributed by atoms with Gasteiger partial charge >= 0.3 is 5.97 Å². The maximum Gasteiger partial charge on any atom is 0.315 e. The molecule has 43 heavy (non-hydrogen) atoms. The number of esters is 1. The Balaban J connectivity index is 1.32. The first-order chi connectivity index (χ1) is 20.5. The van der Waals surface area contributed by atoms with Crippen molar-refractivity contribution in [2.75, 3.05) is 0 Å². The van der Waals surface area contributed by atoms with Gasteiger partial charge in [-0.3, -0.25) is 4.79 Å². The van der Waals surface area contributed by atoms with Crippen LogP contribution in [0.25, 0.3) is 33.4 Å². The highest BCUT2D eigenvalue weighted by Crippen LogP contribution is 2.34. The van der Waals surface area contributed by atoms with Crippen LogP contribution in [0.1, 0.15) is 11.1 Å². The molecule has 0 fully saturated rings. The lowest BCUT2D eigenvalue weighted by molar-refractivity contribution is -0.133. The van der Waals surface area contributed by atoms with Crippen molar-refractivity contribution in [3.63, 3.8) is 0 Å². The molecule has 0 radical (unpaired) electrons. The van der Waals surface area contributed by atoms with E-state index in [4.69, 9.17) is 10.00 Å². The number of rotatable bonds is 6. The summed E-state index contributed by atoms with van der Waals surface area (Å²) < 4.78 is 106. The Kier molecular flexibility index (Phi) is 7.99. The largest absolute Gasteiger partial charge is 0.426 e. The second kappa shape index (κ2) is 11.8. The van der Waals surface area contributed by atoms with Crippen molar-refractivity contribution in [2.24, 2.45) is 0 Å². The van der Waals surface area contributed by atoms with Crippen LogP contribution in [-0.2, 0) is 11.2 Å². The smallest absolute Gasteiger partial charge is 0.315 e. The molecule has 10 heteroatoms. The van der Waals surface area contributed by atoms with Crippen LogP contribution < -0.4 is 4.74 Å². The van der Waals surface area contributed by atoms with Crippen LogP contribution in [0.3, 0.4) is 0 Å². The second-order valence-electron chi connectivity index (χ2n) is 9.36. The highest BCUT2D eigenvalue weighted by Gasteiger charge is 2.20. The molecule has 3 nitrogen and oxygen atoms in total. The third-order valence-corrected chi connectivity index (χ3v) is 6.51. The molecule has 0 spiro atoms. The van der Waals surface area contributed by atoms with Gasteiger partial charge in [0.25, 0.3) is 0 Å². The predicted octanol–water partition coefficient (Wildman–Crippen LogP) is 8.68. The van der Waals surface area contributed by atoms with Crippen molar-refractivity contribution in [3.05, 3.63) is 137 Å². The van der Waals surface area contributed by atoms with Crippen molar-refractivity contribution < 1.29 is 40.3 Å². The first-order valence-electron chi connectivity index (χ1n) is 12.5. The summed E-state index contributed by atoms with van der Waals surface area (Å²) in [5, 5.41) is 8.79. The van der Waals surface area contributed by atoms with Crippen molar-refractivity contribution >= 4 is 5.97 Å². The number of carbonyl (C=O) groups is 1. The molecule has 5 rings (SSSR count). The molecule has 0 aromatic heterocycles. The van der Waals surface area contributed by atoms with Gasteiger partial charge in [-0.1, -0.05) is 24.3 Å². The normalized spacial score (nSPS) is 10.8. The monoisotopic (exact) mass is 591 g/mol. The van der Waals surface area contributed by atoms with E-state index in [1.165, 1.54) is 54.6 Å². The van der Waals surface area contributed by atoms with Crippen LogP contribution in [0.5, 0.6) is 5.75 Å². The minimum absolute atomic E-state index is 0.112. The fourth-order valence-corrected chi connectivity index (χ4v) is 4.49. The average Bonchev–Trinajstić information content (AvgIpc) is 2.93. The zero-order valence-electron chi connectivity index (χ0n) is 21.7. The van der Waals surface area contributed by atoms with E-state index in [2.05, 4.69) is 0 Å². The molecule has 214 valence electrons. The van der Waals surface area contributed by atoms with E-state index < -0.39 is 69.8 Å². The zero-order valence-corrected chi connectivity index (χ0v) is 21.7. The molecule has 5 aromatic rings. The third kappa shape index (κ3) is 6.11. The van der Waals surface area contributed by atoms with Gasteiger partial charge in [0.1, 0.15) is 58.1 Å². The van der Waals surface area contributed by atoms with Crippen LogP contribution in [-0.4, -0.2) is 5.97 Å². The summed E-state index contributed by atoms with van der Waals surface area (Å²) in [4.78, 5) is 12.4. The van der Waals surface area contributed by atoms with Crippen LogP contribution in [0.2, 0.25) is 0 Å². The molecule has 0 bridgehead atoms. The summed E-state index contributed by atoms with van der Waals surface area (Å²) in [6.07, 6.45) is -0.421. The number of benzene rings is 5. The van der Waals surface area contributed by atoms with Crippen molar-refractivity contribution in [1.82, 2.24) is 0 Å². The first-order valence-corrected chi connectivity index (χ1v) is 12.5. The molecule has 0 saturated carbocycles. The number of hydrogen-bond donors (Lipinski definition) is 0. The number of ether oxygens (including phenoxy) is 1. The number of hydrogen-bond acceptors (Lipinski definition) is 3. The molecule has 0 N–H and O–H groups in total. The lowest BCUT2D eigenvalue weighted by atomic mass is 9.96. The molecule has 0 saturated heterocycles. The molecule has 0 atom stereocenters. The molecule has 0 amide bonds. The summed E-state index contributed by atoms with van der Waals surface area (Å²) >= 11 is 0. The summed E-state index contributed by atoms with van der Waals surface area (Å²) in [7, 11) is 0. The van der Waals surface area contributed by atoms with Crippen molar-refractivity contribution in [2.45, 2.75) is 6.42 Å². The first kappa shape index (κ1) is 29.1. The van der Waals surface area contributed by atoms with E-state index in [1.54, 1.807) is 0 Å². The lowest BCUT2D eigenvalue weighted by Crippen LogP contribution is -2.11. The van der Waals surface area contributed by atoms with Crippen LogP contribution in [0.15, 0.2) is 84.9 Å². The summed E-state index contributed by atoms with van der Waals surface area (Å²) in [6.45, 7) is 0. The minimum atomic E-state index is -1.30. The van der Waals surface area contributed by atoms with Gasteiger partial charge in [-0.15, -0.1) is 0 Å². The average molecular weight is 591 g/mol. The molecule has 0 heterocycles. The Labute approximate surface area is 240 Å². The van der Waals surface area contributed by atoms with E-state index in [0.717, 1.165) is 24.3 Å². The van der Waals surface area contributed by atoms with Gasteiger partial charge in [0.05, 0.1) is 12.0 Å². The maximum atomic E-state index is 15.0. The molecule has 0 unspecified atom stereocenters.